The Morgan fingerprint density at radius 2 is 2.15 bits per heavy atom. The lowest BCUT2D eigenvalue weighted by molar-refractivity contribution is -0.132. The van der Waals surface area contributed by atoms with Crippen molar-refractivity contribution in [3.8, 4) is 0 Å². The van der Waals surface area contributed by atoms with Crippen molar-refractivity contribution in [2.24, 2.45) is 5.92 Å². The van der Waals surface area contributed by atoms with Crippen molar-refractivity contribution in [3.63, 3.8) is 0 Å². The molecular formula is C14H17ClN2O3. The summed E-state index contributed by atoms with van der Waals surface area (Å²) in [5.41, 5.74) is 0.741. The first-order valence-corrected chi connectivity index (χ1v) is 6.89. The molecule has 2 amide bonds. The molecule has 0 radical (unpaired) electrons. The monoisotopic (exact) mass is 296 g/mol. The second-order valence-electron chi connectivity index (χ2n) is 4.90. The average Bonchev–Trinajstić information content (AvgIpc) is 2.79. The van der Waals surface area contributed by atoms with E-state index in [0.717, 1.165) is 5.69 Å². The molecule has 1 aromatic carbocycles. The third kappa shape index (κ3) is 3.29. The summed E-state index contributed by atoms with van der Waals surface area (Å²) >= 11 is 5.81. The normalized spacial score (nSPS) is 20.1. The van der Waals surface area contributed by atoms with Crippen molar-refractivity contribution in [2.45, 2.75) is 19.4 Å². The fourth-order valence-electron chi connectivity index (χ4n) is 2.17. The quantitative estimate of drug-likeness (QED) is 0.820. The van der Waals surface area contributed by atoms with Crippen LogP contribution < -0.4 is 10.2 Å². The Morgan fingerprint density at radius 1 is 1.50 bits per heavy atom. The molecule has 1 heterocycles. The first-order valence-electron chi connectivity index (χ1n) is 6.51. The van der Waals surface area contributed by atoms with Gasteiger partial charge >= 0.3 is 0 Å². The number of carbonyl (C=O) groups is 2. The molecule has 1 aliphatic heterocycles. The lowest BCUT2D eigenvalue weighted by atomic mass is 10.1. The summed E-state index contributed by atoms with van der Waals surface area (Å²) in [4.78, 5) is 25.7. The molecule has 20 heavy (non-hydrogen) atoms. The number of hydrogen-bond donors (Lipinski definition) is 2. The Bertz CT molecular complexity index is 502. The van der Waals surface area contributed by atoms with E-state index in [1.165, 1.54) is 0 Å². The Kier molecular flexibility index (Phi) is 4.62. The van der Waals surface area contributed by atoms with E-state index >= 15 is 0 Å². The van der Waals surface area contributed by atoms with Crippen LogP contribution in [0.25, 0.3) is 0 Å². The molecule has 0 saturated carbocycles. The Morgan fingerprint density at radius 3 is 2.75 bits per heavy atom. The number of nitrogens with zero attached hydrogens (tertiary/aromatic N) is 1. The zero-order chi connectivity index (χ0) is 14.7. The Labute approximate surface area is 122 Å². The van der Waals surface area contributed by atoms with Crippen molar-refractivity contribution in [2.75, 3.05) is 18.0 Å². The zero-order valence-corrected chi connectivity index (χ0v) is 11.9. The lowest BCUT2D eigenvalue weighted by Gasteiger charge is -2.17. The van der Waals surface area contributed by atoms with Gasteiger partial charge in [0.1, 0.15) is 5.92 Å². The smallest absolute Gasteiger partial charge is 0.239 e. The first kappa shape index (κ1) is 14.8. The molecule has 1 aromatic rings. The van der Waals surface area contributed by atoms with Gasteiger partial charge in [0.2, 0.25) is 11.8 Å². The van der Waals surface area contributed by atoms with Gasteiger partial charge < -0.3 is 15.3 Å². The van der Waals surface area contributed by atoms with Gasteiger partial charge in [-0.25, -0.2) is 0 Å². The third-order valence-corrected chi connectivity index (χ3v) is 3.48. The predicted octanol–water partition coefficient (Wildman–Crippen LogP) is 1.19. The Hall–Kier alpha value is -1.59. The van der Waals surface area contributed by atoms with Crippen molar-refractivity contribution in [3.05, 3.63) is 29.3 Å². The summed E-state index contributed by atoms with van der Waals surface area (Å²) in [5, 5.41) is 12.3. The van der Waals surface area contributed by atoms with Gasteiger partial charge in [-0.3, -0.25) is 9.59 Å². The first-order chi connectivity index (χ1) is 9.49. The number of aliphatic hydroxyl groups excluding tert-OH is 1. The highest BCUT2D eigenvalue weighted by Gasteiger charge is 2.37. The zero-order valence-electron chi connectivity index (χ0n) is 11.2. The minimum atomic E-state index is -0.676. The molecule has 2 N–H and O–H groups in total. The van der Waals surface area contributed by atoms with Crippen LogP contribution >= 0.6 is 11.6 Å². The number of rotatable bonds is 4. The van der Waals surface area contributed by atoms with E-state index in [1.54, 1.807) is 36.1 Å². The predicted molar refractivity (Wildman–Crippen MR) is 76.6 cm³/mol. The van der Waals surface area contributed by atoms with E-state index in [-0.39, 0.29) is 18.4 Å². The van der Waals surface area contributed by atoms with Crippen molar-refractivity contribution in [1.82, 2.24) is 5.32 Å². The second-order valence-corrected chi connectivity index (χ2v) is 5.34. The van der Waals surface area contributed by atoms with Crippen LogP contribution in [0, 0.1) is 5.92 Å². The van der Waals surface area contributed by atoms with Crippen molar-refractivity contribution >= 4 is 29.1 Å². The average molecular weight is 297 g/mol. The number of halogens is 1. The molecule has 1 saturated heterocycles. The highest BCUT2D eigenvalue weighted by molar-refractivity contribution is 6.30. The van der Waals surface area contributed by atoms with Crippen molar-refractivity contribution < 1.29 is 14.7 Å². The summed E-state index contributed by atoms with van der Waals surface area (Å²) in [6, 6.07) is 6.95. The molecule has 0 aromatic heterocycles. The van der Waals surface area contributed by atoms with Crippen LogP contribution in [-0.2, 0) is 9.59 Å². The molecule has 0 spiro atoms. The third-order valence-electron chi connectivity index (χ3n) is 3.23. The van der Waals surface area contributed by atoms with E-state index in [1.807, 2.05) is 0 Å². The van der Waals surface area contributed by atoms with Crippen LogP contribution in [0.3, 0.4) is 0 Å². The number of amides is 2. The van der Waals surface area contributed by atoms with Crippen LogP contribution in [0.2, 0.25) is 5.02 Å². The molecule has 6 heteroatoms. The minimum Gasteiger partial charge on any atom is -0.392 e. The summed E-state index contributed by atoms with van der Waals surface area (Å²) < 4.78 is 0. The standard InChI is InChI=1S/C14H17ClN2O3/c1-9(18)8-16-13(19)12-6-7-17(14(12)20)11-4-2-10(15)3-5-11/h2-5,9,12,18H,6-8H2,1H3,(H,16,19). The van der Waals surface area contributed by atoms with Gasteiger partial charge in [0.15, 0.2) is 0 Å². The number of nitrogens with one attached hydrogen (secondary N) is 1. The van der Waals surface area contributed by atoms with Crippen molar-refractivity contribution in [1.29, 1.82) is 0 Å². The minimum absolute atomic E-state index is 0.156. The summed E-state index contributed by atoms with van der Waals surface area (Å²) in [6.45, 7) is 2.24. The maximum absolute atomic E-state index is 12.2. The molecule has 2 atom stereocenters. The van der Waals surface area contributed by atoms with Gasteiger partial charge in [-0.2, -0.15) is 0 Å². The van der Waals surface area contributed by atoms with Crippen LogP contribution in [-0.4, -0.2) is 36.1 Å². The molecule has 1 fully saturated rings. The highest BCUT2D eigenvalue weighted by atomic mass is 35.5. The molecular weight excluding hydrogens is 280 g/mol. The Balaban J connectivity index is 2.02. The summed E-state index contributed by atoms with van der Waals surface area (Å²) in [6.07, 6.45) is -0.143. The summed E-state index contributed by atoms with van der Waals surface area (Å²) in [7, 11) is 0. The van der Waals surface area contributed by atoms with E-state index in [2.05, 4.69) is 5.32 Å². The van der Waals surface area contributed by atoms with Gasteiger partial charge in [0.05, 0.1) is 6.10 Å². The van der Waals surface area contributed by atoms with Gasteiger partial charge in [0.25, 0.3) is 0 Å². The molecule has 5 nitrogen and oxygen atoms in total. The molecule has 108 valence electrons. The SMILES string of the molecule is CC(O)CNC(=O)C1CCN(c2ccc(Cl)cc2)C1=O. The van der Waals surface area contributed by atoms with Gasteiger partial charge in [-0.05, 0) is 37.6 Å². The number of anilines is 1. The van der Waals surface area contributed by atoms with Crippen LogP contribution in [0.15, 0.2) is 24.3 Å². The second kappa shape index (κ2) is 6.24. The topological polar surface area (TPSA) is 69.6 Å². The van der Waals surface area contributed by atoms with E-state index in [0.29, 0.717) is 18.0 Å². The van der Waals surface area contributed by atoms with Crippen LogP contribution in [0.5, 0.6) is 0 Å². The lowest BCUT2D eigenvalue weighted by Crippen LogP contribution is -2.39. The number of benzene rings is 1. The molecule has 0 bridgehead atoms. The molecule has 1 aliphatic rings. The fraction of sp³-hybridized carbons (Fsp3) is 0.429. The number of carbonyl (C=O) groups excluding carboxylic acids is 2. The van der Waals surface area contributed by atoms with E-state index in [9.17, 15) is 9.59 Å². The highest BCUT2D eigenvalue weighted by Crippen LogP contribution is 2.26. The summed E-state index contributed by atoms with van der Waals surface area (Å²) in [5.74, 6) is -1.22. The van der Waals surface area contributed by atoms with Gasteiger partial charge in [-0.15, -0.1) is 0 Å². The molecule has 0 aliphatic carbocycles. The maximum Gasteiger partial charge on any atom is 0.239 e. The van der Waals surface area contributed by atoms with Gasteiger partial charge in [-0.1, -0.05) is 11.6 Å². The number of aliphatic hydroxyl groups is 1. The number of hydrogen-bond acceptors (Lipinski definition) is 3. The molecule has 2 rings (SSSR count). The van der Waals surface area contributed by atoms with E-state index < -0.39 is 12.0 Å². The largest absolute Gasteiger partial charge is 0.392 e. The van der Waals surface area contributed by atoms with E-state index in [4.69, 9.17) is 16.7 Å². The molecule has 2 unspecified atom stereocenters. The fourth-order valence-corrected chi connectivity index (χ4v) is 2.30. The maximum atomic E-state index is 12.2. The van der Waals surface area contributed by atoms with Crippen LogP contribution in [0.4, 0.5) is 5.69 Å². The van der Waals surface area contributed by atoms with Crippen LogP contribution in [0.1, 0.15) is 13.3 Å². The van der Waals surface area contributed by atoms with Gasteiger partial charge in [0, 0.05) is 23.8 Å².